The van der Waals surface area contributed by atoms with Crippen LogP contribution in [0.2, 0.25) is 0 Å². The number of nitrogens with zero attached hydrogens (tertiary/aromatic N) is 2. The number of hydrogen-bond acceptors (Lipinski definition) is 6. The van der Waals surface area contributed by atoms with E-state index >= 15 is 0 Å². The molecule has 0 spiro atoms. The maximum absolute atomic E-state index is 14.1. The van der Waals surface area contributed by atoms with Gasteiger partial charge in [0.25, 0.3) is 0 Å². The molecule has 0 fully saturated rings. The van der Waals surface area contributed by atoms with Crippen LogP contribution in [0.25, 0.3) is 0 Å². The average Bonchev–Trinajstić information content (AvgIpc) is 2.71. The van der Waals surface area contributed by atoms with Crippen LogP contribution in [-0.2, 0) is 24.8 Å². The van der Waals surface area contributed by atoms with E-state index < -0.39 is 37.8 Å². The number of ether oxygens (including phenoxy) is 1. The third kappa shape index (κ3) is 6.17. The van der Waals surface area contributed by atoms with E-state index in [2.05, 4.69) is 5.32 Å². The van der Waals surface area contributed by atoms with Crippen molar-refractivity contribution in [2.24, 2.45) is 0 Å². The molecule has 0 bridgehead atoms. The number of anilines is 1. The number of nitrogens with one attached hydrogen (secondary N) is 1. The first-order valence-corrected chi connectivity index (χ1v) is 12.8. The molecule has 0 saturated carbocycles. The van der Waals surface area contributed by atoms with Gasteiger partial charge in [0.05, 0.1) is 23.4 Å². The van der Waals surface area contributed by atoms with Crippen LogP contribution in [0.1, 0.15) is 6.92 Å². The van der Waals surface area contributed by atoms with E-state index in [1.807, 2.05) is 0 Å². The van der Waals surface area contributed by atoms with Gasteiger partial charge in [-0.3, -0.25) is 9.10 Å². The summed E-state index contributed by atoms with van der Waals surface area (Å²) in [6, 6.07) is 9.89. The molecule has 0 aliphatic carbocycles. The van der Waals surface area contributed by atoms with Crippen molar-refractivity contribution < 1.29 is 30.8 Å². The molecule has 0 saturated heterocycles. The van der Waals surface area contributed by atoms with Crippen LogP contribution in [-0.4, -0.2) is 66.6 Å². The molecular weight excluding hydrogens is 461 g/mol. The largest absolute Gasteiger partial charge is 0.492 e. The maximum Gasteiger partial charge on any atom is 0.243 e. The minimum absolute atomic E-state index is 0.0514. The molecule has 1 N–H and O–H groups in total. The van der Waals surface area contributed by atoms with Crippen molar-refractivity contribution in [3.05, 3.63) is 54.3 Å². The van der Waals surface area contributed by atoms with E-state index in [1.54, 1.807) is 0 Å². The van der Waals surface area contributed by atoms with Gasteiger partial charge >= 0.3 is 0 Å². The molecule has 1 unspecified atom stereocenters. The third-order valence-electron chi connectivity index (χ3n) is 4.45. The number of carbonyl (C=O) groups is 1. The third-order valence-corrected chi connectivity index (χ3v) is 7.51. The number of benzene rings is 2. The molecule has 0 aliphatic heterocycles. The number of amides is 1. The quantitative estimate of drug-likeness (QED) is 0.507. The van der Waals surface area contributed by atoms with Crippen molar-refractivity contribution in [1.29, 1.82) is 0 Å². The van der Waals surface area contributed by atoms with Crippen molar-refractivity contribution in [3.8, 4) is 5.75 Å². The highest BCUT2D eigenvalue weighted by molar-refractivity contribution is 7.92. The zero-order valence-corrected chi connectivity index (χ0v) is 19.8. The van der Waals surface area contributed by atoms with Crippen molar-refractivity contribution in [1.82, 2.24) is 9.62 Å². The predicted octanol–water partition coefficient (Wildman–Crippen LogP) is 1.43. The molecule has 32 heavy (non-hydrogen) atoms. The molecule has 9 nitrogen and oxygen atoms in total. The van der Waals surface area contributed by atoms with Crippen LogP contribution in [0.15, 0.2) is 53.4 Å². The van der Waals surface area contributed by atoms with E-state index in [-0.39, 0.29) is 23.7 Å². The molecule has 2 aromatic carbocycles. The van der Waals surface area contributed by atoms with Crippen LogP contribution in [0.5, 0.6) is 5.75 Å². The van der Waals surface area contributed by atoms with Crippen LogP contribution in [0.3, 0.4) is 0 Å². The molecular formula is C20H26FN3O6S2. The Morgan fingerprint density at radius 1 is 1.06 bits per heavy atom. The monoisotopic (exact) mass is 487 g/mol. The fraction of sp³-hybridized carbons (Fsp3) is 0.350. The normalized spacial score (nSPS) is 12.9. The van der Waals surface area contributed by atoms with Gasteiger partial charge in [-0.1, -0.05) is 12.1 Å². The van der Waals surface area contributed by atoms with Gasteiger partial charge < -0.3 is 10.1 Å². The summed E-state index contributed by atoms with van der Waals surface area (Å²) >= 11 is 0. The number of rotatable bonds is 10. The molecule has 2 aromatic rings. The van der Waals surface area contributed by atoms with Crippen molar-refractivity contribution in [2.45, 2.75) is 17.9 Å². The smallest absolute Gasteiger partial charge is 0.243 e. The summed E-state index contributed by atoms with van der Waals surface area (Å²) in [5, 5.41) is 2.55. The molecule has 1 amide bonds. The first-order valence-electron chi connectivity index (χ1n) is 9.52. The lowest BCUT2D eigenvalue weighted by molar-refractivity contribution is -0.121. The highest BCUT2D eigenvalue weighted by Crippen LogP contribution is 2.24. The van der Waals surface area contributed by atoms with Gasteiger partial charge in [-0.2, -0.15) is 0 Å². The van der Waals surface area contributed by atoms with Gasteiger partial charge in [0.15, 0.2) is 0 Å². The second kappa shape index (κ2) is 10.3. The SMILES string of the molecule is CC(C(=O)NCCOc1ccc(S(=O)(=O)N(C)C)cc1)N(c1ccccc1F)S(C)(=O)=O. The van der Waals surface area contributed by atoms with Crippen molar-refractivity contribution in [2.75, 3.05) is 37.8 Å². The Bertz CT molecular complexity index is 1150. The summed E-state index contributed by atoms with van der Waals surface area (Å²) in [6.07, 6.45) is 0.895. The number of carbonyl (C=O) groups excluding carboxylic acids is 1. The molecule has 0 radical (unpaired) electrons. The number of halogens is 1. The number of sulfonamides is 2. The maximum atomic E-state index is 14.1. The topological polar surface area (TPSA) is 113 Å². The first-order chi connectivity index (χ1) is 14.9. The average molecular weight is 488 g/mol. The van der Waals surface area contributed by atoms with Crippen molar-refractivity contribution in [3.63, 3.8) is 0 Å². The van der Waals surface area contributed by atoms with E-state index in [9.17, 15) is 26.0 Å². The molecule has 12 heteroatoms. The first kappa shape index (κ1) is 25.6. The fourth-order valence-electron chi connectivity index (χ4n) is 2.82. The lowest BCUT2D eigenvalue weighted by Gasteiger charge is -2.28. The van der Waals surface area contributed by atoms with Gasteiger partial charge in [-0.05, 0) is 43.3 Å². The Morgan fingerprint density at radius 3 is 2.19 bits per heavy atom. The molecule has 1 atom stereocenters. The molecule has 0 aliphatic rings. The summed E-state index contributed by atoms with van der Waals surface area (Å²) in [6.45, 7) is 1.46. The Kier molecular flexibility index (Phi) is 8.21. The summed E-state index contributed by atoms with van der Waals surface area (Å²) < 4.78 is 69.9. The number of para-hydroxylation sites is 1. The van der Waals surface area contributed by atoms with Crippen molar-refractivity contribution >= 4 is 31.6 Å². The Hall–Kier alpha value is -2.70. The fourth-order valence-corrected chi connectivity index (χ4v) is 4.90. The van der Waals surface area contributed by atoms with Crippen LogP contribution >= 0.6 is 0 Å². The zero-order valence-electron chi connectivity index (χ0n) is 18.1. The van der Waals surface area contributed by atoms with Gasteiger partial charge in [-0.25, -0.2) is 25.5 Å². The van der Waals surface area contributed by atoms with E-state index in [0.717, 1.165) is 20.9 Å². The Balaban J connectivity index is 1.96. The highest BCUT2D eigenvalue weighted by atomic mass is 32.2. The molecule has 0 heterocycles. The minimum atomic E-state index is -3.93. The van der Waals surface area contributed by atoms with E-state index in [4.69, 9.17) is 4.74 Å². The molecule has 0 aromatic heterocycles. The molecule has 2 rings (SSSR count). The Labute approximate surface area is 187 Å². The van der Waals surface area contributed by atoms with Gasteiger partial charge in [0.2, 0.25) is 26.0 Å². The van der Waals surface area contributed by atoms with Gasteiger partial charge in [-0.15, -0.1) is 0 Å². The highest BCUT2D eigenvalue weighted by Gasteiger charge is 2.30. The molecule has 176 valence electrons. The predicted molar refractivity (Wildman–Crippen MR) is 119 cm³/mol. The Morgan fingerprint density at radius 2 is 1.66 bits per heavy atom. The lowest BCUT2D eigenvalue weighted by atomic mass is 10.2. The van der Waals surface area contributed by atoms with Gasteiger partial charge in [0.1, 0.15) is 24.2 Å². The standard InChI is InChI=1S/C20H26FN3O6S2/c1-15(24(31(4,26)27)19-8-6-5-7-18(19)21)20(25)22-13-14-30-16-9-11-17(12-10-16)32(28,29)23(2)3/h5-12,15H,13-14H2,1-4H3,(H,22,25). The zero-order chi connectivity index (χ0) is 24.1. The van der Waals surface area contributed by atoms with E-state index in [0.29, 0.717) is 5.75 Å². The van der Waals surface area contributed by atoms with Crippen LogP contribution in [0, 0.1) is 5.82 Å². The number of hydrogen-bond donors (Lipinski definition) is 1. The van der Waals surface area contributed by atoms with E-state index in [1.165, 1.54) is 63.5 Å². The second-order valence-electron chi connectivity index (χ2n) is 7.08. The minimum Gasteiger partial charge on any atom is -0.492 e. The lowest BCUT2D eigenvalue weighted by Crippen LogP contribution is -2.48. The summed E-state index contributed by atoms with van der Waals surface area (Å²) in [4.78, 5) is 12.6. The summed E-state index contributed by atoms with van der Waals surface area (Å²) in [5.41, 5.74) is -0.221. The summed E-state index contributed by atoms with van der Waals surface area (Å²) in [5.74, 6) is -0.996. The van der Waals surface area contributed by atoms with Crippen LogP contribution < -0.4 is 14.4 Å². The van der Waals surface area contributed by atoms with Gasteiger partial charge in [0, 0.05) is 14.1 Å². The summed E-state index contributed by atoms with van der Waals surface area (Å²) in [7, 11) is -4.62. The van der Waals surface area contributed by atoms with Crippen LogP contribution in [0.4, 0.5) is 10.1 Å². The second-order valence-corrected chi connectivity index (χ2v) is 11.1.